The van der Waals surface area contributed by atoms with Crippen molar-refractivity contribution >= 4 is 65.5 Å². The van der Waals surface area contributed by atoms with Crippen LogP contribution in [0.25, 0.3) is 117 Å². The Labute approximate surface area is 362 Å². The number of pyridine rings is 1. The quantitative estimate of drug-likeness (QED) is 0.168. The third kappa shape index (κ3) is 5.55. The highest BCUT2D eigenvalue weighted by atomic mass is 15.2. The van der Waals surface area contributed by atoms with Crippen LogP contribution in [0.5, 0.6) is 0 Å². The summed E-state index contributed by atoms with van der Waals surface area (Å²) < 4.78 is 6.94. The number of fused-ring (bicyclic) bond motifs is 9. The Balaban J connectivity index is 0.959. The largest absolute Gasteiger partial charge is 0.309 e. The number of hydrogen-bond acceptors (Lipinski definition) is 3. The standard InChI is InChI=1S/C57H36N6/c1-3-15-37(16-4-1)48-36-49(38-17-5-2-6-18-38)60-57(59-48)63-51-25-11-8-22-44(51)47-34-40(29-31-54(47)63)39-28-30-53-46(33-39)43-21-7-10-24-50(43)61(53)41-19-13-20-42(35-41)62-52-26-12-9-23-45(52)56-55(62)27-14-32-58-56/h1-36H. The average Bonchev–Trinajstić information content (AvgIpc) is 4.00. The van der Waals surface area contributed by atoms with Crippen molar-refractivity contribution in [1.29, 1.82) is 0 Å². The lowest BCUT2D eigenvalue weighted by Gasteiger charge is -2.13. The van der Waals surface area contributed by atoms with Gasteiger partial charge in [0, 0.05) is 55.6 Å². The van der Waals surface area contributed by atoms with E-state index in [0.29, 0.717) is 5.95 Å². The fourth-order valence-electron chi connectivity index (χ4n) is 9.68. The van der Waals surface area contributed by atoms with Gasteiger partial charge in [0.15, 0.2) is 0 Å². The van der Waals surface area contributed by atoms with Gasteiger partial charge < -0.3 is 9.13 Å². The second kappa shape index (κ2) is 14.0. The van der Waals surface area contributed by atoms with E-state index in [-0.39, 0.29) is 0 Å². The third-order valence-electron chi connectivity index (χ3n) is 12.5. The van der Waals surface area contributed by atoms with Crippen molar-refractivity contribution in [1.82, 2.24) is 28.7 Å². The molecule has 0 aliphatic heterocycles. The molecule has 6 heteroatoms. The molecule has 0 radical (unpaired) electrons. The second-order valence-corrected chi connectivity index (χ2v) is 16.1. The van der Waals surface area contributed by atoms with Gasteiger partial charge in [-0.1, -0.05) is 133 Å². The number of hydrogen-bond donors (Lipinski definition) is 0. The van der Waals surface area contributed by atoms with E-state index in [1.54, 1.807) is 0 Å². The number of nitrogens with zero attached hydrogens (tertiary/aromatic N) is 6. The van der Waals surface area contributed by atoms with Crippen LogP contribution in [-0.4, -0.2) is 28.7 Å². The topological polar surface area (TPSA) is 53.5 Å². The van der Waals surface area contributed by atoms with Crippen molar-refractivity contribution in [2.45, 2.75) is 0 Å². The van der Waals surface area contributed by atoms with Gasteiger partial charge in [-0.3, -0.25) is 9.55 Å². The van der Waals surface area contributed by atoms with Crippen LogP contribution >= 0.6 is 0 Å². The van der Waals surface area contributed by atoms with E-state index in [0.717, 1.165) is 99.8 Å². The molecule has 0 aliphatic rings. The first-order valence-electron chi connectivity index (χ1n) is 21.3. The van der Waals surface area contributed by atoms with E-state index in [1.807, 2.05) is 24.4 Å². The van der Waals surface area contributed by atoms with Crippen molar-refractivity contribution in [2.24, 2.45) is 0 Å². The molecule has 0 amide bonds. The van der Waals surface area contributed by atoms with Gasteiger partial charge in [-0.05, 0) is 90.0 Å². The van der Waals surface area contributed by atoms with Gasteiger partial charge in [0.1, 0.15) is 0 Å². The minimum atomic E-state index is 0.641. The van der Waals surface area contributed by atoms with Gasteiger partial charge in [-0.25, -0.2) is 9.97 Å². The maximum Gasteiger partial charge on any atom is 0.235 e. The number of aromatic nitrogens is 6. The van der Waals surface area contributed by atoms with Crippen LogP contribution in [0, 0.1) is 0 Å². The Bertz CT molecular complexity index is 3800. The molecule has 0 fully saturated rings. The predicted molar refractivity (Wildman–Crippen MR) is 259 cm³/mol. The number of rotatable bonds is 6. The van der Waals surface area contributed by atoms with Gasteiger partial charge in [-0.15, -0.1) is 0 Å². The van der Waals surface area contributed by atoms with E-state index >= 15 is 0 Å². The molecule has 0 bridgehead atoms. The number of para-hydroxylation sites is 3. The lowest BCUT2D eigenvalue weighted by Crippen LogP contribution is -2.03. The highest BCUT2D eigenvalue weighted by molar-refractivity contribution is 6.13. The summed E-state index contributed by atoms with van der Waals surface area (Å²) in [6, 6.07) is 75.4. The monoisotopic (exact) mass is 804 g/mol. The van der Waals surface area contributed by atoms with Crippen molar-refractivity contribution in [3.05, 3.63) is 219 Å². The highest BCUT2D eigenvalue weighted by Crippen LogP contribution is 2.39. The van der Waals surface area contributed by atoms with Crippen molar-refractivity contribution in [2.75, 3.05) is 0 Å². The van der Waals surface area contributed by atoms with Crippen molar-refractivity contribution in [3.63, 3.8) is 0 Å². The maximum atomic E-state index is 5.23. The summed E-state index contributed by atoms with van der Waals surface area (Å²) in [5.41, 5.74) is 16.0. The first-order chi connectivity index (χ1) is 31.2. The molecule has 5 heterocycles. The molecule has 0 saturated carbocycles. The summed E-state index contributed by atoms with van der Waals surface area (Å²) in [5, 5.41) is 5.87. The van der Waals surface area contributed by atoms with Crippen LogP contribution in [0.1, 0.15) is 0 Å². The molecule has 8 aromatic carbocycles. The van der Waals surface area contributed by atoms with Gasteiger partial charge in [-0.2, -0.15) is 0 Å². The van der Waals surface area contributed by atoms with E-state index in [2.05, 4.69) is 208 Å². The Morgan fingerprint density at radius 2 is 0.746 bits per heavy atom. The fourth-order valence-corrected chi connectivity index (χ4v) is 9.68. The normalized spacial score (nSPS) is 11.8. The predicted octanol–water partition coefficient (Wildman–Crippen LogP) is 14.2. The molecule has 13 aromatic rings. The molecule has 0 N–H and O–H groups in total. The lowest BCUT2D eigenvalue weighted by molar-refractivity contribution is 0.995. The second-order valence-electron chi connectivity index (χ2n) is 16.1. The van der Waals surface area contributed by atoms with E-state index in [9.17, 15) is 0 Å². The van der Waals surface area contributed by atoms with Crippen LogP contribution in [0.2, 0.25) is 0 Å². The molecule has 0 saturated heterocycles. The molecule has 5 aromatic heterocycles. The van der Waals surface area contributed by atoms with E-state index < -0.39 is 0 Å². The Hall–Kier alpha value is -8.61. The molecule has 0 unspecified atom stereocenters. The van der Waals surface area contributed by atoms with Crippen LogP contribution < -0.4 is 0 Å². The van der Waals surface area contributed by atoms with Crippen molar-refractivity contribution in [3.8, 4) is 51.0 Å². The van der Waals surface area contributed by atoms with E-state index in [1.165, 1.54) is 10.8 Å². The molecule has 0 aliphatic carbocycles. The minimum Gasteiger partial charge on any atom is -0.309 e. The molecule has 13 rings (SSSR count). The molecule has 6 nitrogen and oxygen atoms in total. The summed E-state index contributed by atoms with van der Waals surface area (Å²) >= 11 is 0. The first-order valence-corrected chi connectivity index (χ1v) is 21.3. The summed E-state index contributed by atoms with van der Waals surface area (Å²) in [5.74, 6) is 0.641. The van der Waals surface area contributed by atoms with Gasteiger partial charge in [0.25, 0.3) is 0 Å². The van der Waals surface area contributed by atoms with Gasteiger partial charge in [0.2, 0.25) is 5.95 Å². The minimum absolute atomic E-state index is 0.641. The average molecular weight is 805 g/mol. The van der Waals surface area contributed by atoms with Crippen LogP contribution in [0.4, 0.5) is 0 Å². The van der Waals surface area contributed by atoms with Gasteiger partial charge >= 0.3 is 0 Å². The highest BCUT2D eigenvalue weighted by Gasteiger charge is 2.20. The van der Waals surface area contributed by atoms with Crippen LogP contribution in [-0.2, 0) is 0 Å². The maximum absolute atomic E-state index is 5.23. The summed E-state index contributed by atoms with van der Waals surface area (Å²) in [4.78, 5) is 15.3. The zero-order chi connectivity index (χ0) is 41.4. The fraction of sp³-hybridized carbons (Fsp3) is 0. The third-order valence-corrected chi connectivity index (χ3v) is 12.5. The molecule has 63 heavy (non-hydrogen) atoms. The summed E-state index contributed by atoms with van der Waals surface area (Å²) in [7, 11) is 0. The first kappa shape index (κ1) is 35.2. The Morgan fingerprint density at radius 3 is 1.35 bits per heavy atom. The molecule has 0 atom stereocenters. The van der Waals surface area contributed by atoms with Crippen LogP contribution in [0.15, 0.2) is 219 Å². The van der Waals surface area contributed by atoms with Gasteiger partial charge in [0.05, 0.1) is 50.0 Å². The van der Waals surface area contributed by atoms with Crippen molar-refractivity contribution < 1.29 is 0 Å². The SMILES string of the molecule is c1ccc(-c2cc(-c3ccccc3)nc(-n3c4ccccc4c4cc(-c5ccc6c(c5)c5ccccc5n6-c5cccc(-n6c7ccccc7c7ncccc76)c5)ccc43)n2)cc1. The summed E-state index contributed by atoms with van der Waals surface area (Å²) in [6.45, 7) is 0. The van der Waals surface area contributed by atoms with E-state index in [4.69, 9.17) is 15.0 Å². The molecular formula is C57H36N6. The zero-order valence-electron chi connectivity index (χ0n) is 34.0. The zero-order valence-corrected chi connectivity index (χ0v) is 34.0. The molecule has 294 valence electrons. The Kier molecular flexibility index (Phi) is 7.80. The molecule has 0 spiro atoms. The van der Waals surface area contributed by atoms with Crippen LogP contribution in [0.3, 0.4) is 0 Å². The number of benzene rings is 8. The Morgan fingerprint density at radius 1 is 0.286 bits per heavy atom. The smallest absolute Gasteiger partial charge is 0.235 e. The molecular weight excluding hydrogens is 769 g/mol. The lowest BCUT2D eigenvalue weighted by atomic mass is 10.0. The summed E-state index contributed by atoms with van der Waals surface area (Å²) in [6.07, 6.45) is 1.88.